The average Bonchev–Trinajstić information content (AvgIpc) is 2.60. The molecule has 0 aliphatic carbocycles. The van der Waals surface area contributed by atoms with E-state index in [9.17, 15) is 9.59 Å². The highest BCUT2D eigenvalue weighted by molar-refractivity contribution is 5.77. The van der Waals surface area contributed by atoms with Crippen molar-refractivity contribution in [2.24, 2.45) is 17.8 Å². The predicted molar refractivity (Wildman–Crippen MR) is 121 cm³/mol. The van der Waals surface area contributed by atoms with E-state index >= 15 is 0 Å². The number of hydrogen-bond donors (Lipinski definition) is 1. The van der Waals surface area contributed by atoms with Crippen molar-refractivity contribution >= 4 is 12.0 Å². The van der Waals surface area contributed by atoms with E-state index in [4.69, 9.17) is 4.74 Å². The lowest BCUT2D eigenvalue weighted by Crippen LogP contribution is -2.59. The Morgan fingerprint density at radius 3 is 2.40 bits per heavy atom. The molecule has 0 radical (unpaired) electrons. The summed E-state index contributed by atoms with van der Waals surface area (Å²) < 4.78 is 5.69. The van der Waals surface area contributed by atoms with E-state index in [1.54, 1.807) is 0 Å². The molecule has 2 fully saturated rings. The summed E-state index contributed by atoms with van der Waals surface area (Å²) in [5.41, 5.74) is -0.804. The van der Waals surface area contributed by atoms with Crippen LogP contribution >= 0.6 is 0 Å². The van der Waals surface area contributed by atoms with Gasteiger partial charge in [-0.1, -0.05) is 27.7 Å². The van der Waals surface area contributed by atoms with Crippen LogP contribution in [0.3, 0.4) is 0 Å². The molecule has 2 saturated heterocycles. The molecule has 3 atom stereocenters. The molecule has 174 valence electrons. The maximum absolute atomic E-state index is 13.2. The second-order valence-corrected chi connectivity index (χ2v) is 11.3. The molecule has 0 saturated carbocycles. The van der Waals surface area contributed by atoms with Crippen LogP contribution in [0, 0.1) is 17.8 Å². The molecule has 6 nitrogen and oxygen atoms in total. The summed E-state index contributed by atoms with van der Waals surface area (Å²) in [6.45, 7) is 19.9. The molecule has 6 heteroatoms. The molecule has 2 amide bonds. The Bertz CT molecular complexity index is 599. The van der Waals surface area contributed by atoms with Gasteiger partial charge in [0.1, 0.15) is 5.60 Å². The fraction of sp³-hybridized carbons (Fsp3) is 0.917. The third-order valence-corrected chi connectivity index (χ3v) is 6.81. The van der Waals surface area contributed by atoms with Crippen LogP contribution in [0.5, 0.6) is 0 Å². The second kappa shape index (κ2) is 9.88. The largest absolute Gasteiger partial charge is 0.444 e. The minimum atomic E-state index is -0.504. The Kier molecular flexibility index (Phi) is 8.22. The summed E-state index contributed by atoms with van der Waals surface area (Å²) in [6.07, 6.45) is 3.09. The van der Waals surface area contributed by atoms with Crippen molar-refractivity contribution in [1.29, 1.82) is 0 Å². The fourth-order valence-corrected chi connectivity index (χ4v) is 4.91. The number of ether oxygens (including phenoxy) is 1. The van der Waals surface area contributed by atoms with Crippen molar-refractivity contribution in [2.75, 3.05) is 26.2 Å². The molecule has 2 aliphatic rings. The number of piperidine rings is 1. The van der Waals surface area contributed by atoms with E-state index in [1.807, 2.05) is 25.7 Å². The van der Waals surface area contributed by atoms with E-state index in [0.29, 0.717) is 30.8 Å². The predicted octanol–water partition coefficient (Wildman–Crippen LogP) is 4.28. The van der Waals surface area contributed by atoms with Crippen LogP contribution < -0.4 is 5.32 Å². The zero-order valence-electron chi connectivity index (χ0n) is 20.6. The minimum Gasteiger partial charge on any atom is -0.444 e. The normalized spacial score (nSPS) is 28.2. The number of carbonyl (C=O) groups excluding carboxylic acids is 2. The number of carbonyl (C=O) groups is 2. The van der Waals surface area contributed by atoms with Gasteiger partial charge in [-0.2, -0.15) is 0 Å². The summed E-state index contributed by atoms with van der Waals surface area (Å²) in [4.78, 5) is 30.1. The Labute approximate surface area is 184 Å². The Morgan fingerprint density at radius 2 is 1.83 bits per heavy atom. The van der Waals surface area contributed by atoms with E-state index < -0.39 is 5.60 Å². The van der Waals surface area contributed by atoms with Crippen LogP contribution in [0.1, 0.15) is 81.1 Å². The lowest BCUT2D eigenvalue weighted by Gasteiger charge is -2.50. The molecule has 0 aromatic rings. The lowest BCUT2D eigenvalue weighted by atomic mass is 9.73. The maximum Gasteiger partial charge on any atom is 0.410 e. The van der Waals surface area contributed by atoms with E-state index in [-0.39, 0.29) is 23.5 Å². The first kappa shape index (κ1) is 25.0. The summed E-state index contributed by atoms with van der Waals surface area (Å²) >= 11 is 0. The molecule has 2 rings (SSSR count). The topological polar surface area (TPSA) is 61.9 Å². The second-order valence-electron chi connectivity index (χ2n) is 11.3. The van der Waals surface area contributed by atoms with Gasteiger partial charge >= 0.3 is 6.09 Å². The zero-order valence-corrected chi connectivity index (χ0v) is 20.6. The number of piperazine rings is 1. The fourth-order valence-electron chi connectivity index (χ4n) is 4.91. The van der Waals surface area contributed by atoms with Gasteiger partial charge in [0.05, 0.1) is 0 Å². The molecule has 0 bridgehead atoms. The van der Waals surface area contributed by atoms with E-state index in [0.717, 1.165) is 38.9 Å². The highest BCUT2D eigenvalue weighted by Crippen LogP contribution is 2.39. The maximum atomic E-state index is 13.2. The van der Waals surface area contributed by atoms with Gasteiger partial charge in [-0.25, -0.2) is 4.79 Å². The highest BCUT2D eigenvalue weighted by Gasteiger charge is 2.45. The number of amides is 2. The zero-order chi connectivity index (χ0) is 22.7. The van der Waals surface area contributed by atoms with Crippen molar-refractivity contribution < 1.29 is 14.3 Å². The first-order valence-corrected chi connectivity index (χ1v) is 11.8. The molecular weight excluding hydrogens is 378 g/mol. The molecular formula is C24H45N3O3. The van der Waals surface area contributed by atoms with Crippen LogP contribution in [0.2, 0.25) is 0 Å². The monoisotopic (exact) mass is 423 g/mol. The number of likely N-dealkylation sites (tertiary alicyclic amines) is 1. The van der Waals surface area contributed by atoms with Crippen molar-refractivity contribution in [3.05, 3.63) is 0 Å². The van der Waals surface area contributed by atoms with Crippen LogP contribution in [-0.4, -0.2) is 65.2 Å². The minimum absolute atomic E-state index is 0.234. The van der Waals surface area contributed by atoms with Crippen LogP contribution in [-0.2, 0) is 9.53 Å². The SMILES string of the molecule is CC(C)CC1CNCCN1C(=O)CC1CCN(C(=O)OC(C)(C)C)[C@](C)(C(C)C)C1. The first-order valence-electron chi connectivity index (χ1n) is 11.8. The van der Waals surface area contributed by atoms with E-state index in [2.05, 4.69) is 44.8 Å². The number of nitrogens with one attached hydrogen (secondary N) is 1. The van der Waals surface area contributed by atoms with Gasteiger partial charge in [0.2, 0.25) is 5.91 Å². The third kappa shape index (κ3) is 6.35. The molecule has 0 aromatic heterocycles. The molecule has 1 N–H and O–H groups in total. The summed E-state index contributed by atoms with van der Waals surface area (Å²) in [6, 6.07) is 0.296. The van der Waals surface area contributed by atoms with Crippen molar-refractivity contribution in [3.8, 4) is 0 Å². The molecule has 30 heavy (non-hydrogen) atoms. The Balaban J connectivity index is 2.06. The van der Waals surface area contributed by atoms with Gasteiger partial charge in [0.25, 0.3) is 0 Å². The third-order valence-electron chi connectivity index (χ3n) is 6.81. The van der Waals surface area contributed by atoms with Gasteiger partial charge in [0, 0.05) is 44.2 Å². The smallest absolute Gasteiger partial charge is 0.410 e. The van der Waals surface area contributed by atoms with Crippen LogP contribution in [0.25, 0.3) is 0 Å². The van der Waals surface area contributed by atoms with Gasteiger partial charge in [-0.3, -0.25) is 4.79 Å². The van der Waals surface area contributed by atoms with E-state index in [1.165, 1.54) is 0 Å². The Morgan fingerprint density at radius 1 is 1.17 bits per heavy atom. The van der Waals surface area contributed by atoms with Crippen molar-refractivity contribution in [1.82, 2.24) is 15.1 Å². The van der Waals surface area contributed by atoms with Crippen molar-refractivity contribution in [2.45, 2.75) is 98.3 Å². The molecule has 2 aliphatic heterocycles. The van der Waals surface area contributed by atoms with Crippen LogP contribution in [0.15, 0.2) is 0 Å². The Hall–Kier alpha value is -1.30. The van der Waals surface area contributed by atoms with Gasteiger partial charge in [0.15, 0.2) is 0 Å². The average molecular weight is 424 g/mol. The van der Waals surface area contributed by atoms with Crippen LogP contribution in [0.4, 0.5) is 4.79 Å². The molecule has 2 heterocycles. The van der Waals surface area contributed by atoms with Gasteiger partial charge in [-0.05, 0) is 64.7 Å². The lowest BCUT2D eigenvalue weighted by molar-refractivity contribution is -0.136. The summed E-state index contributed by atoms with van der Waals surface area (Å²) in [7, 11) is 0. The highest BCUT2D eigenvalue weighted by atomic mass is 16.6. The molecule has 0 aromatic carbocycles. The number of nitrogens with zero attached hydrogens (tertiary/aromatic N) is 2. The first-order chi connectivity index (χ1) is 13.8. The van der Waals surface area contributed by atoms with Crippen molar-refractivity contribution in [3.63, 3.8) is 0 Å². The summed E-state index contributed by atoms with van der Waals surface area (Å²) in [5, 5.41) is 3.44. The summed E-state index contributed by atoms with van der Waals surface area (Å²) in [5.74, 6) is 1.45. The molecule has 0 spiro atoms. The quantitative estimate of drug-likeness (QED) is 0.717. The number of hydrogen-bond acceptors (Lipinski definition) is 4. The van der Waals surface area contributed by atoms with Gasteiger partial charge in [-0.15, -0.1) is 0 Å². The van der Waals surface area contributed by atoms with Gasteiger partial charge < -0.3 is 19.9 Å². The number of rotatable bonds is 5. The standard InChI is InChI=1S/C24H45N3O3/c1-17(2)13-20-16-25-10-12-26(20)21(28)14-19-9-11-27(22(29)30-23(5,6)7)24(8,15-19)18(3)4/h17-20,25H,9-16H2,1-8H3/t19?,20?,24-/m0/s1. The molecule has 2 unspecified atom stereocenters.